The van der Waals surface area contributed by atoms with E-state index in [0.717, 1.165) is 17.5 Å². The normalized spacial score (nSPS) is 26.0. The Morgan fingerprint density at radius 3 is 2.44 bits per heavy atom. The van der Waals surface area contributed by atoms with Crippen molar-refractivity contribution in [3.05, 3.63) is 33.3 Å². The van der Waals surface area contributed by atoms with Crippen molar-refractivity contribution in [2.24, 2.45) is 5.92 Å². The highest BCUT2D eigenvalue weighted by Gasteiger charge is 2.31. The van der Waals surface area contributed by atoms with Crippen LogP contribution in [-0.2, 0) is 11.2 Å². The van der Waals surface area contributed by atoms with Crippen LogP contribution in [0.5, 0.6) is 0 Å². The van der Waals surface area contributed by atoms with Gasteiger partial charge in [0.25, 0.3) is 0 Å². The van der Waals surface area contributed by atoms with E-state index < -0.39 is 5.97 Å². The second-order valence-electron chi connectivity index (χ2n) is 6.92. The predicted molar refractivity (Wildman–Crippen MR) is 97.2 cm³/mol. The number of rotatable bonds is 2. The van der Waals surface area contributed by atoms with Crippen LogP contribution in [0.15, 0.2) is 12.1 Å². The fourth-order valence-electron chi connectivity index (χ4n) is 3.83. The topological polar surface area (TPSA) is 69.6 Å². The van der Waals surface area contributed by atoms with Crippen molar-refractivity contribution in [3.63, 3.8) is 0 Å². The Labute approximate surface area is 157 Å². The minimum Gasteiger partial charge on any atom is -0.481 e. The molecule has 25 heavy (non-hydrogen) atoms. The van der Waals surface area contributed by atoms with E-state index in [-0.39, 0.29) is 24.0 Å². The zero-order chi connectivity index (χ0) is 18.1. The SMILES string of the molecule is CC1c2cc(Cl)c(Cl)cc2CCN1C(=O)NC1CCC(C(=O)O)CC1. The van der Waals surface area contributed by atoms with Gasteiger partial charge in [0.2, 0.25) is 0 Å². The Kier molecular flexibility index (Phi) is 5.44. The first-order chi connectivity index (χ1) is 11.9. The Morgan fingerprint density at radius 1 is 1.16 bits per heavy atom. The fourth-order valence-corrected chi connectivity index (χ4v) is 4.19. The number of nitrogens with one attached hydrogen (secondary N) is 1. The molecule has 2 amide bonds. The molecule has 1 heterocycles. The van der Waals surface area contributed by atoms with Crippen LogP contribution in [0.3, 0.4) is 0 Å². The molecule has 0 aromatic heterocycles. The largest absolute Gasteiger partial charge is 0.481 e. The number of nitrogens with zero attached hydrogens (tertiary/aromatic N) is 1. The summed E-state index contributed by atoms with van der Waals surface area (Å²) in [6.45, 7) is 2.62. The highest BCUT2D eigenvalue weighted by Crippen LogP contribution is 2.35. The summed E-state index contributed by atoms with van der Waals surface area (Å²) in [5.41, 5.74) is 2.17. The number of benzene rings is 1. The number of carbonyl (C=O) groups excluding carboxylic acids is 1. The lowest BCUT2D eigenvalue weighted by Crippen LogP contribution is -2.49. The van der Waals surface area contributed by atoms with Gasteiger partial charge in [-0.1, -0.05) is 23.2 Å². The van der Waals surface area contributed by atoms with Gasteiger partial charge in [-0.05, 0) is 62.3 Å². The minimum absolute atomic E-state index is 0.0468. The van der Waals surface area contributed by atoms with Crippen molar-refractivity contribution in [1.29, 1.82) is 0 Å². The van der Waals surface area contributed by atoms with Crippen LogP contribution in [0.2, 0.25) is 10.0 Å². The molecule has 1 aromatic carbocycles. The molecule has 2 N–H and O–H groups in total. The molecule has 1 aromatic rings. The van der Waals surface area contributed by atoms with E-state index in [1.165, 1.54) is 0 Å². The van der Waals surface area contributed by atoms with E-state index in [2.05, 4.69) is 5.32 Å². The van der Waals surface area contributed by atoms with Crippen molar-refractivity contribution in [1.82, 2.24) is 10.2 Å². The molecule has 0 bridgehead atoms. The number of halogens is 2. The van der Waals surface area contributed by atoms with E-state index in [0.29, 0.717) is 42.3 Å². The summed E-state index contributed by atoms with van der Waals surface area (Å²) >= 11 is 12.2. The summed E-state index contributed by atoms with van der Waals surface area (Å²) in [4.78, 5) is 25.5. The standard InChI is InChI=1S/C18H22Cl2N2O3/c1-10-14-9-16(20)15(19)8-12(14)6-7-22(10)18(25)21-13-4-2-11(3-5-13)17(23)24/h8-11,13H,2-7H2,1H3,(H,21,25)(H,23,24). The van der Waals surface area contributed by atoms with Crippen molar-refractivity contribution >= 4 is 35.2 Å². The third kappa shape index (κ3) is 3.87. The molecule has 1 aliphatic heterocycles. The van der Waals surface area contributed by atoms with Gasteiger partial charge in [0, 0.05) is 12.6 Å². The van der Waals surface area contributed by atoms with E-state index in [1.807, 2.05) is 24.0 Å². The van der Waals surface area contributed by atoms with Gasteiger partial charge in [-0.2, -0.15) is 0 Å². The minimum atomic E-state index is -0.735. The average molecular weight is 385 g/mol. The fraction of sp³-hybridized carbons (Fsp3) is 0.556. The molecule has 0 spiro atoms. The molecule has 0 radical (unpaired) electrons. The number of aliphatic carboxylic acids is 1. The molecule has 1 atom stereocenters. The van der Waals surface area contributed by atoms with Gasteiger partial charge in [0.15, 0.2) is 0 Å². The Hall–Kier alpha value is -1.46. The lowest BCUT2D eigenvalue weighted by atomic mass is 9.86. The summed E-state index contributed by atoms with van der Waals surface area (Å²) in [6.07, 6.45) is 3.40. The van der Waals surface area contributed by atoms with Gasteiger partial charge in [-0.3, -0.25) is 4.79 Å². The number of fused-ring (bicyclic) bond motifs is 1. The first-order valence-corrected chi connectivity index (χ1v) is 9.40. The first-order valence-electron chi connectivity index (χ1n) is 8.64. The van der Waals surface area contributed by atoms with Crippen molar-refractivity contribution in [3.8, 4) is 0 Å². The summed E-state index contributed by atoms with van der Waals surface area (Å²) in [7, 11) is 0. The molecule has 1 aliphatic carbocycles. The average Bonchev–Trinajstić information content (AvgIpc) is 2.57. The summed E-state index contributed by atoms with van der Waals surface area (Å²) in [5.74, 6) is -1.01. The molecular formula is C18H22Cl2N2O3. The van der Waals surface area contributed by atoms with Gasteiger partial charge in [0.05, 0.1) is 22.0 Å². The van der Waals surface area contributed by atoms with Crippen LogP contribution >= 0.6 is 23.2 Å². The van der Waals surface area contributed by atoms with Crippen LogP contribution in [0.4, 0.5) is 4.79 Å². The number of hydrogen-bond acceptors (Lipinski definition) is 2. The second-order valence-corrected chi connectivity index (χ2v) is 7.74. The van der Waals surface area contributed by atoms with Crippen LogP contribution < -0.4 is 5.32 Å². The highest BCUT2D eigenvalue weighted by molar-refractivity contribution is 6.42. The maximum Gasteiger partial charge on any atom is 0.318 e. The zero-order valence-corrected chi connectivity index (χ0v) is 15.6. The van der Waals surface area contributed by atoms with Crippen LogP contribution in [0.1, 0.15) is 49.8 Å². The van der Waals surface area contributed by atoms with Gasteiger partial charge in [-0.25, -0.2) is 4.79 Å². The molecule has 7 heteroatoms. The molecule has 1 unspecified atom stereocenters. The van der Waals surface area contributed by atoms with Gasteiger partial charge in [-0.15, -0.1) is 0 Å². The van der Waals surface area contributed by atoms with Crippen LogP contribution in [-0.4, -0.2) is 34.6 Å². The van der Waals surface area contributed by atoms with Crippen LogP contribution in [0, 0.1) is 5.92 Å². The van der Waals surface area contributed by atoms with E-state index in [1.54, 1.807) is 0 Å². The van der Waals surface area contributed by atoms with Crippen molar-refractivity contribution < 1.29 is 14.7 Å². The monoisotopic (exact) mass is 384 g/mol. The molecule has 3 rings (SSSR count). The molecule has 136 valence electrons. The number of carbonyl (C=O) groups is 2. The summed E-state index contributed by atoms with van der Waals surface area (Å²) in [5, 5.41) is 13.2. The Bertz CT molecular complexity index is 687. The molecular weight excluding hydrogens is 363 g/mol. The Balaban J connectivity index is 1.63. The van der Waals surface area contributed by atoms with Crippen LogP contribution in [0.25, 0.3) is 0 Å². The highest BCUT2D eigenvalue weighted by atomic mass is 35.5. The zero-order valence-electron chi connectivity index (χ0n) is 14.1. The van der Waals surface area contributed by atoms with Gasteiger partial charge >= 0.3 is 12.0 Å². The third-order valence-electron chi connectivity index (χ3n) is 5.39. The van der Waals surface area contributed by atoms with E-state index >= 15 is 0 Å². The number of urea groups is 1. The van der Waals surface area contributed by atoms with Gasteiger partial charge in [0.1, 0.15) is 0 Å². The molecule has 2 aliphatic rings. The van der Waals surface area contributed by atoms with Crippen molar-refractivity contribution in [2.45, 2.75) is 51.1 Å². The third-order valence-corrected chi connectivity index (χ3v) is 6.11. The van der Waals surface area contributed by atoms with Gasteiger partial charge < -0.3 is 15.3 Å². The molecule has 0 saturated heterocycles. The number of carboxylic acids is 1. The predicted octanol–water partition coefficient (Wildman–Crippen LogP) is 4.27. The van der Waals surface area contributed by atoms with Crippen molar-refractivity contribution in [2.75, 3.05) is 6.54 Å². The number of carboxylic acid groups (broad SMARTS) is 1. The van der Waals surface area contributed by atoms with E-state index in [9.17, 15) is 9.59 Å². The molecule has 1 saturated carbocycles. The quantitative estimate of drug-likeness (QED) is 0.799. The van der Waals surface area contributed by atoms with E-state index in [4.69, 9.17) is 28.3 Å². The number of hydrogen-bond donors (Lipinski definition) is 2. The number of amides is 2. The lowest BCUT2D eigenvalue weighted by Gasteiger charge is -2.37. The molecule has 1 fully saturated rings. The summed E-state index contributed by atoms with van der Waals surface area (Å²) < 4.78 is 0. The second kappa shape index (κ2) is 7.42. The smallest absolute Gasteiger partial charge is 0.318 e. The first kappa shape index (κ1) is 18.3. The Morgan fingerprint density at radius 2 is 1.80 bits per heavy atom. The summed E-state index contributed by atoms with van der Waals surface area (Å²) in [6, 6.07) is 3.61. The maximum absolute atomic E-state index is 12.7. The molecule has 5 nitrogen and oxygen atoms in total. The lowest BCUT2D eigenvalue weighted by molar-refractivity contribution is -0.142. The maximum atomic E-state index is 12.7.